The van der Waals surface area contributed by atoms with Crippen LogP contribution in [-0.4, -0.2) is 28.2 Å². The third-order valence-electron chi connectivity index (χ3n) is 3.28. The SMILES string of the molecule is CNC(CSc1ccccc1Br)Cc1cn2ccsc2n1. The molecule has 1 atom stereocenters. The Balaban J connectivity index is 1.62. The molecule has 0 saturated carbocycles. The Bertz CT molecular complexity index is 694. The third-order valence-corrected chi connectivity index (χ3v) is 6.24. The summed E-state index contributed by atoms with van der Waals surface area (Å²) >= 11 is 7.14. The molecule has 0 aliphatic carbocycles. The lowest BCUT2D eigenvalue weighted by molar-refractivity contribution is 0.611. The van der Waals surface area contributed by atoms with Crippen LogP contribution in [0.1, 0.15) is 5.69 Å². The molecule has 3 rings (SSSR count). The summed E-state index contributed by atoms with van der Waals surface area (Å²) in [6.07, 6.45) is 5.13. The van der Waals surface area contributed by atoms with E-state index in [-0.39, 0.29) is 0 Å². The van der Waals surface area contributed by atoms with E-state index in [1.54, 1.807) is 11.3 Å². The van der Waals surface area contributed by atoms with Crippen LogP contribution in [-0.2, 0) is 6.42 Å². The largest absolute Gasteiger partial charge is 0.316 e. The van der Waals surface area contributed by atoms with Gasteiger partial charge in [-0.05, 0) is 35.1 Å². The van der Waals surface area contributed by atoms with Crippen LogP contribution in [0.5, 0.6) is 0 Å². The minimum Gasteiger partial charge on any atom is -0.316 e. The summed E-state index contributed by atoms with van der Waals surface area (Å²) in [5.74, 6) is 1.02. The minimum absolute atomic E-state index is 0.409. The molecule has 1 N–H and O–H groups in total. The molecule has 0 bridgehead atoms. The van der Waals surface area contributed by atoms with Crippen molar-refractivity contribution in [3.63, 3.8) is 0 Å². The lowest BCUT2D eigenvalue weighted by Crippen LogP contribution is -2.30. The molecule has 1 aromatic carbocycles. The summed E-state index contributed by atoms with van der Waals surface area (Å²) in [5, 5.41) is 5.45. The quantitative estimate of drug-likeness (QED) is 0.652. The second-order valence-electron chi connectivity index (χ2n) is 4.76. The number of hydrogen-bond donors (Lipinski definition) is 1. The van der Waals surface area contributed by atoms with Crippen LogP contribution in [0.4, 0.5) is 0 Å². The van der Waals surface area contributed by atoms with Crippen LogP contribution >= 0.6 is 39.0 Å². The van der Waals surface area contributed by atoms with Gasteiger partial charge in [-0.2, -0.15) is 0 Å². The van der Waals surface area contributed by atoms with Gasteiger partial charge in [0.1, 0.15) is 0 Å². The van der Waals surface area contributed by atoms with Crippen molar-refractivity contribution in [1.82, 2.24) is 14.7 Å². The number of nitrogens with one attached hydrogen (secondary N) is 1. The lowest BCUT2D eigenvalue weighted by Gasteiger charge is -2.15. The number of aromatic nitrogens is 2. The number of fused-ring (bicyclic) bond motifs is 1. The molecule has 2 heterocycles. The first-order chi connectivity index (χ1) is 10.3. The summed E-state index contributed by atoms with van der Waals surface area (Å²) in [6, 6.07) is 8.76. The van der Waals surface area contributed by atoms with Gasteiger partial charge in [0.25, 0.3) is 0 Å². The zero-order chi connectivity index (χ0) is 14.7. The Morgan fingerprint density at radius 1 is 1.43 bits per heavy atom. The van der Waals surface area contributed by atoms with Crippen molar-refractivity contribution in [2.45, 2.75) is 17.4 Å². The van der Waals surface area contributed by atoms with Gasteiger partial charge >= 0.3 is 0 Å². The number of thioether (sulfide) groups is 1. The molecule has 6 heteroatoms. The number of likely N-dealkylation sites (N-methyl/N-ethyl adjacent to an activating group) is 1. The monoisotopic (exact) mass is 381 g/mol. The van der Waals surface area contributed by atoms with E-state index in [1.807, 2.05) is 24.9 Å². The van der Waals surface area contributed by atoms with E-state index in [9.17, 15) is 0 Å². The molecule has 3 aromatic rings. The third kappa shape index (κ3) is 3.69. The fraction of sp³-hybridized carbons (Fsp3) is 0.267. The molecule has 0 aliphatic heterocycles. The average Bonchev–Trinajstić information content (AvgIpc) is 3.06. The van der Waals surface area contributed by atoms with Crippen LogP contribution in [0.15, 0.2) is 51.4 Å². The molecular formula is C15H16BrN3S2. The molecule has 3 nitrogen and oxygen atoms in total. The molecule has 2 aromatic heterocycles. The van der Waals surface area contributed by atoms with Gasteiger partial charge in [-0.15, -0.1) is 23.1 Å². The number of nitrogens with zero attached hydrogens (tertiary/aromatic N) is 2. The Hall–Kier alpha value is -0.820. The van der Waals surface area contributed by atoms with Crippen molar-refractivity contribution in [1.29, 1.82) is 0 Å². The highest BCUT2D eigenvalue weighted by atomic mass is 79.9. The van der Waals surface area contributed by atoms with Gasteiger partial charge in [-0.3, -0.25) is 4.40 Å². The van der Waals surface area contributed by atoms with E-state index in [2.05, 4.69) is 66.6 Å². The van der Waals surface area contributed by atoms with Crippen molar-refractivity contribution in [3.05, 3.63) is 52.2 Å². The molecule has 0 aliphatic rings. The molecule has 21 heavy (non-hydrogen) atoms. The Labute approximate surface area is 140 Å². The van der Waals surface area contributed by atoms with Gasteiger partial charge in [0.15, 0.2) is 4.96 Å². The Morgan fingerprint density at radius 2 is 2.29 bits per heavy atom. The van der Waals surface area contributed by atoms with E-state index in [4.69, 9.17) is 0 Å². The fourth-order valence-electron chi connectivity index (χ4n) is 2.12. The Morgan fingerprint density at radius 3 is 3.05 bits per heavy atom. The fourth-order valence-corrected chi connectivity index (χ4v) is 4.52. The predicted molar refractivity (Wildman–Crippen MR) is 94.5 cm³/mol. The van der Waals surface area contributed by atoms with Gasteiger partial charge in [0, 0.05) is 45.4 Å². The molecule has 0 spiro atoms. The van der Waals surface area contributed by atoms with Gasteiger partial charge in [0.2, 0.25) is 0 Å². The number of imidazole rings is 1. The highest BCUT2D eigenvalue weighted by molar-refractivity contribution is 9.10. The van der Waals surface area contributed by atoms with Crippen molar-refractivity contribution in [2.75, 3.05) is 12.8 Å². The van der Waals surface area contributed by atoms with Gasteiger partial charge in [-0.25, -0.2) is 4.98 Å². The maximum Gasteiger partial charge on any atom is 0.193 e. The standard InChI is InChI=1S/C15H16BrN3S2/c1-17-12(10-21-14-5-3-2-4-13(14)16)8-11-9-19-6-7-20-15(19)18-11/h2-7,9,12,17H,8,10H2,1H3. The van der Waals surface area contributed by atoms with Gasteiger partial charge in [-0.1, -0.05) is 12.1 Å². The van der Waals surface area contributed by atoms with Crippen molar-refractivity contribution in [2.24, 2.45) is 0 Å². The topological polar surface area (TPSA) is 29.3 Å². The number of benzene rings is 1. The van der Waals surface area contributed by atoms with Crippen molar-refractivity contribution < 1.29 is 0 Å². The van der Waals surface area contributed by atoms with Crippen LogP contribution in [0.2, 0.25) is 0 Å². The van der Waals surface area contributed by atoms with E-state index < -0.39 is 0 Å². The van der Waals surface area contributed by atoms with Crippen LogP contribution in [0, 0.1) is 0 Å². The number of halogens is 1. The lowest BCUT2D eigenvalue weighted by atomic mass is 10.2. The highest BCUT2D eigenvalue weighted by Gasteiger charge is 2.12. The molecule has 0 amide bonds. The first kappa shape index (κ1) is 15.1. The number of thiazole rings is 1. The molecule has 110 valence electrons. The molecule has 0 saturated heterocycles. The zero-order valence-corrected chi connectivity index (χ0v) is 14.8. The Kier molecular flexibility index (Phi) is 5.00. The van der Waals surface area contributed by atoms with Crippen LogP contribution in [0.25, 0.3) is 4.96 Å². The average molecular weight is 382 g/mol. The van der Waals surface area contributed by atoms with Crippen molar-refractivity contribution >= 4 is 44.0 Å². The second kappa shape index (κ2) is 6.96. The summed E-state index contributed by atoms with van der Waals surface area (Å²) in [4.78, 5) is 7.00. The normalized spacial score (nSPS) is 12.9. The zero-order valence-electron chi connectivity index (χ0n) is 11.6. The number of hydrogen-bond acceptors (Lipinski definition) is 4. The van der Waals surface area contributed by atoms with Crippen LogP contribution < -0.4 is 5.32 Å². The van der Waals surface area contributed by atoms with E-state index in [0.29, 0.717) is 6.04 Å². The summed E-state index contributed by atoms with van der Waals surface area (Å²) < 4.78 is 3.25. The highest BCUT2D eigenvalue weighted by Crippen LogP contribution is 2.27. The van der Waals surface area contributed by atoms with E-state index in [1.165, 1.54) is 4.90 Å². The predicted octanol–water partition coefficient (Wildman–Crippen LogP) is 4.08. The number of rotatable bonds is 6. The van der Waals surface area contributed by atoms with Crippen molar-refractivity contribution in [3.8, 4) is 0 Å². The molecule has 0 radical (unpaired) electrons. The minimum atomic E-state index is 0.409. The smallest absolute Gasteiger partial charge is 0.193 e. The summed E-state index contributed by atoms with van der Waals surface area (Å²) in [5.41, 5.74) is 1.15. The van der Waals surface area contributed by atoms with E-state index >= 15 is 0 Å². The summed E-state index contributed by atoms with van der Waals surface area (Å²) in [7, 11) is 2.02. The first-order valence-corrected chi connectivity index (χ1v) is 9.38. The first-order valence-electron chi connectivity index (χ1n) is 6.72. The van der Waals surface area contributed by atoms with Crippen LogP contribution in [0.3, 0.4) is 0 Å². The molecule has 1 unspecified atom stereocenters. The summed E-state index contributed by atoms with van der Waals surface area (Å²) in [6.45, 7) is 0. The molecular weight excluding hydrogens is 366 g/mol. The van der Waals surface area contributed by atoms with E-state index in [0.717, 1.165) is 27.3 Å². The second-order valence-corrected chi connectivity index (χ2v) is 7.55. The molecule has 0 fully saturated rings. The van der Waals surface area contributed by atoms with Gasteiger partial charge in [0.05, 0.1) is 5.69 Å². The van der Waals surface area contributed by atoms with Gasteiger partial charge < -0.3 is 5.32 Å². The maximum absolute atomic E-state index is 4.66. The maximum atomic E-state index is 4.66.